The number of thiazole rings is 1. The minimum absolute atomic E-state index is 0.0286. The third-order valence-corrected chi connectivity index (χ3v) is 6.47. The normalized spacial score (nSPS) is 10.9. The summed E-state index contributed by atoms with van der Waals surface area (Å²) in [5, 5.41) is 0.322. The molecular weight excluding hydrogens is 502 g/mol. The lowest BCUT2D eigenvalue weighted by Gasteiger charge is -2.14. The van der Waals surface area contributed by atoms with Gasteiger partial charge in [0.1, 0.15) is 12.4 Å². The quantitative estimate of drug-likeness (QED) is 0.366. The van der Waals surface area contributed by atoms with Crippen LogP contribution in [-0.4, -0.2) is 24.1 Å². The summed E-state index contributed by atoms with van der Waals surface area (Å²) in [5.74, 6) is 0.412. The number of halogens is 1. The van der Waals surface area contributed by atoms with E-state index in [9.17, 15) is 14.4 Å². The molecule has 0 bridgehead atoms. The summed E-state index contributed by atoms with van der Waals surface area (Å²) in [6.45, 7) is 2.18. The van der Waals surface area contributed by atoms with Gasteiger partial charge >= 0.3 is 5.69 Å². The molecule has 0 fully saturated rings. The molecule has 0 atom stereocenters. The highest BCUT2D eigenvalue weighted by atomic mass is 35.5. The number of hydrogen-bond acceptors (Lipinski definition) is 7. The largest absolute Gasteiger partial charge is 0.487 e. The first-order valence-electron chi connectivity index (χ1n) is 10.7. The van der Waals surface area contributed by atoms with E-state index in [1.807, 2.05) is 6.92 Å². The average molecular weight is 520 g/mol. The Balaban J connectivity index is 1.70. The predicted molar refractivity (Wildman–Crippen MR) is 138 cm³/mol. The SMILES string of the molecule is Cc1scnc1COc1cc(Cl)cc(-n2cc(-c3ccc[nH]c3=O)c(=O)n(-c3cccnc3)c2=O)c1. The number of aromatic amines is 1. The average Bonchev–Trinajstić information content (AvgIpc) is 3.28. The summed E-state index contributed by atoms with van der Waals surface area (Å²) >= 11 is 7.89. The number of rotatable bonds is 6. The van der Waals surface area contributed by atoms with E-state index in [1.54, 1.807) is 41.9 Å². The maximum absolute atomic E-state index is 13.6. The highest BCUT2D eigenvalue weighted by molar-refractivity contribution is 7.09. The summed E-state index contributed by atoms with van der Waals surface area (Å²) in [6, 6.07) is 11.1. The predicted octanol–water partition coefficient (Wildman–Crippen LogP) is 3.74. The number of pyridine rings is 2. The summed E-state index contributed by atoms with van der Waals surface area (Å²) in [6.07, 6.45) is 5.73. The van der Waals surface area contributed by atoms with Crippen LogP contribution in [0.2, 0.25) is 5.02 Å². The van der Waals surface area contributed by atoms with E-state index >= 15 is 0 Å². The van der Waals surface area contributed by atoms with Crippen LogP contribution >= 0.6 is 22.9 Å². The van der Waals surface area contributed by atoms with Crippen LogP contribution in [0.15, 0.2) is 87.1 Å². The molecule has 36 heavy (non-hydrogen) atoms. The fraction of sp³-hybridized carbons (Fsp3) is 0.0800. The summed E-state index contributed by atoms with van der Waals surface area (Å²) in [4.78, 5) is 51.5. The van der Waals surface area contributed by atoms with Gasteiger partial charge in [-0.15, -0.1) is 11.3 Å². The summed E-state index contributed by atoms with van der Waals surface area (Å²) in [7, 11) is 0. The highest BCUT2D eigenvalue weighted by Crippen LogP contribution is 2.25. The third kappa shape index (κ3) is 4.51. The van der Waals surface area contributed by atoms with Crippen LogP contribution in [0.25, 0.3) is 22.5 Å². The Bertz CT molecular complexity index is 1740. The fourth-order valence-corrected chi connectivity index (χ4v) is 4.47. The zero-order valence-electron chi connectivity index (χ0n) is 18.8. The van der Waals surface area contributed by atoms with Crippen LogP contribution in [0.4, 0.5) is 0 Å². The van der Waals surface area contributed by atoms with Gasteiger partial charge in [0.15, 0.2) is 0 Å². The van der Waals surface area contributed by atoms with Crippen LogP contribution in [0.5, 0.6) is 5.75 Å². The standard InChI is InChI=1S/C25H18ClN5O4S/c1-15-22(29-14-36-15)13-35-19-9-16(26)8-18(10-19)30-12-21(20-5-3-7-28-23(20)32)24(33)31(25(30)34)17-4-2-6-27-11-17/h2-12,14H,13H2,1H3,(H,28,32). The molecule has 4 heterocycles. The van der Waals surface area contributed by atoms with Gasteiger partial charge in [0, 0.05) is 34.6 Å². The van der Waals surface area contributed by atoms with Crippen LogP contribution in [-0.2, 0) is 6.61 Å². The molecule has 0 aliphatic rings. The van der Waals surface area contributed by atoms with Gasteiger partial charge in [0.05, 0.1) is 39.9 Å². The van der Waals surface area contributed by atoms with E-state index in [4.69, 9.17) is 16.3 Å². The van der Waals surface area contributed by atoms with E-state index in [2.05, 4.69) is 15.0 Å². The van der Waals surface area contributed by atoms with E-state index < -0.39 is 16.8 Å². The number of hydrogen-bond donors (Lipinski definition) is 1. The van der Waals surface area contributed by atoms with Gasteiger partial charge in [-0.25, -0.2) is 14.3 Å². The third-order valence-electron chi connectivity index (χ3n) is 5.46. The Morgan fingerprint density at radius 2 is 1.94 bits per heavy atom. The molecule has 5 rings (SSSR count). The molecule has 180 valence electrons. The number of nitrogens with one attached hydrogen (secondary N) is 1. The van der Waals surface area contributed by atoms with Gasteiger partial charge in [-0.05, 0) is 43.3 Å². The van der Waals surface area contributed by atoms with Crippen LogP contribution < -0.4 is 21.5 Å². The second-order valence-corrected chi connectivity index (χ2v) is 9.24. The number of H-pyrrole nitrogens is 1. The lowest BCUT2D eigenvalue weighted by atomic mass is 10.1. The van der Waals surface area contributed by atoms with Gasteiger partial charge in [-0.1, -0.05) is 11.6 Å². The molecule has 4 aromatic heterocycles. The number of benzene rings is 1. The van der Waals surface area contributed by atoms with Crippen molar-refractivity contribution < 1.29 is 4.74 Å². The van der Waals surface area contributed by atoms with Crippen molar-refractivity contribution in [2.45, 2.75) is 13.5 Å². The minimum Gasteiger partial charge on any atom is -0.487 e. The molecule has 0 aliphatic carbocycles. The van der Waals surface area contributed by atoms with Crippen molar-refractivity contribution in [3.8, 4) is 28.3 Å². The monoisotopic (exact) mass is 519 g/mol. The smallest absolute Gasteiger partial charge is 0.340 e. The Morgan fingerprint density at radius 1 is 1.08 bits per heavy atom. The second kappa shape index (κ2) is 9.76. The Kier molecular flexibility index (Phi) is 6.36. The van der Waals surface area contributed by atoms with Crippen molar-refractivity contribution in [3.05, 3.63) is 120 Å². The Morgan fingerprint density at radius 3 is 2.67 bits per heavy atom. The molecule has 0 amide bonds. The number of nitrogens with zero attached hydrogens (tertiary/aromatic N) is 4. The Labute approximate surface area is 212 Å². The van der Waals surface area contributed by atoms with Gasteiger partial charge in [-0.3, -0.25) is 19.1 Å². The number of aromatic nitrogens is 5. The molecule has 0 aliphatic heterocycles. The van der Waals surface area contributed by atoms with Crippen molar-refractivity contribution in [2.24, 2.45) is 0 Å². The van der Waals surface area contributed by atoms with Gasteiger partial charge < -0.3 is 9.72 Å². The molecular formula is C25H18ClN5O4S. The first-order valence-corrected chi connectivity index (χ1v) is 12.0. The molecule has 0 saturated heterocycles. The lowest BCUT2D eigenvalue weighted by Crippen LogP contribution is -2.39. The van der Waals surface area contributed by atoms with Crippen molar-refractivity contribution in [1.82, 2.24) is 24.1 Å². The zero-order chi connectivity index (χ0) is 25.2. The molecule has 1 N–H and O–H groups in total. The second-order valence-electron chi connectivity index (χ2n) is 7.75. The number of aryl methyl sites for hydroxylation is 1. The highest BCUT2D eigenvalue weighted by Gasteiger charge is 2.18. The van der Waals surface area contributed by atoms with Crippen molar-refractivity contribution in [3.63, 3.8) is 0 Å². The van der Waals surface area contributed by atoms with E-state index in [1.165, 1.54) is 46.8 Å². The first-order chi connectivity index (χ1) is 17.4. The van der Waals surface area contributed by atoms with E-state index in [0.717, 1.165) is 15.1 Å². The topological polar surface area (TPSA) is 112 Å². The molecule has 11 heteroatoms. The molecule has 5 aromatic rings. The van der Waals surface area contributed by atoms with Crippen LogP contribution in [0.3, 0.4) is 0 Å². The summed E-state index contributed by atoms with van der Waals surface area (Å²) in [5.41, 5.74) is 1.52. The molecule has 0 radical (unpaired) electrons. The first kappa shape index (κ1) is 23.5. The minimum atomic E-state index is -0.660. The molecule has 0 saturated carbocycles. The van der Waals surface area contributed by atoms with Gasteiger partial charge in [-0.2, -0.15) is 0 Å². The van der Waals surface area contributed by atoms with Crippen LogP contribution in [0, 0.1) is 6.92 Å². The maximum atomic E-state index is 13.6. The van der Waals surface area contributed by atoms with Gasteiger partial charge in [0.25, 0.3) is 11.1 Å². The van der Waals surface area contributed by atoms with Crippen LogP contribution in [0.1, 0.15) is 10.6 Å². The van der Waals surface area contributed by atoms with Gasteiger partial charge in [0.2, 0.25) is 0 Å². The zero-order valence-corrected chi connectivity index (χ0v) is 20.4. The van der Waals surface area contributed by atoms with E-state index in [-0.39, 0.29) is 23.4 Å². The maximum Gasteiger partial charge on any atom is 0.340 e. The lowest BCUT2D eigenvalue weighted by molar-refractivity contribution is 0.301. The van der Waals surface area contributed by atoms with Crippen molar-refractivity contribution in [2.75, 3.05) is 0 Å². The number of ether oxygens (including phenoxy) is 1. The summed E-state index contributed by atoms with van der Waals surface area (Å²) < 4.78 is 8.12. The molecule has 1 aromatic carbocycles. The Hall–Kier alpha value is -4.28. The van der Waals surface area contributed by atoms with Crippen molar-refractivity contribution >= 4 is 22.9 Å². The molecule has 9 nitrogen and oxygen atoms in total. The molecule has 0 spiro atoms. The molecule has 0 unspecified atom stereocenters. The van der Waals surface area contributed by atoms with E-state index in [0.29, 0.717) is 16.5 Å². The van der Waals surface area contributed by atoms with Crippen molar-refractivity contribution in [1.29, 1.82) is 0 Å². The fourth-order valence-electron chi connectivity index (χ4n) is 3.66.